The van der Waals surface area contributed by atoms with Gasteiger partial charge in [-0.1, -0.05) is 12.1 Å². The fourth-order valence-corrected chi connectivity index (χ4v) is 2.53. The molecule has 3 atom stereocenters. The van der Waals surface area contributed by atoms with E-state index in [4.69, 9.17) is 23.7 Å². The third-order valence-electron chi connectivity index (χ3n) is 3.65. The summed E-state index contributed by atoms with van der Waals surface area (Å²) in [6.45, 7) is 3.73. The summed E-state index contributed by atoms with van der Waals surface area (Å²) < 4.78 is 25.3. The van der Waals surface area contributed by atoms with E-state index in [0.717, 1.165) is 27.7 Å². The van der Waals surface area contributed by atoms with Gasteiger partial charge in [-0.05, 0) is 12.1 Å². The van der Waals surface area contributed by atoms with Gasteiger partial charge in [-0.15, -0.1) is 0 Å². The maximum Gasteiger partial charge on any atom is 0.303 e. The number of nitrogens with one attached hydrogen (secondary N) is 1. The van der Waals surface area contributed by atoms with Crippen LogP contribution in [0.5, 0.6) is 5.75 Å². The van der Waals surface area contributed by atoms with E-state index in [0.29, 0.717) is 5.75 Å². The smallest absolute Gasteiger partial charge is 0.303 e. The lowest BCUT2D eigenvalue weighted by molar-refractivity contribution is -0.190. The molecule has 0 saturated heterocycles. The zero-order valence-electron chi connectivity index (χ0n) is 17.8. The number of rotatable bonds is 10. The van der Waals surface area contributed by atoms with Crippen LogP contribution in [-0.2, 0) is 42.9 Å². The van der Waals surface area contributed by atoms with Crippen LogP contribution in [-0.4, -0.2) is 61.8 Å². The van der Waals surface area contributed by atoms with Crippen molar-refractivity contribution in [2.24, 2.45) is 0 Å². The van der Waals surface area contributed by atoms with Crippen LogP contribution >= 0.6 is 0 Å². The molecule has 11 nitrogen and oxygen atoms in total. The van der Waals surface area contributed by atoms with Crippen molar-refractivity contribution >= 4 is 35.5 Å². The van der Waals surface area contributed by atoms with Gasteiger partial charge >= 0.3 is 23.9 Å². The van der Waals surface area contributed by atoms with Gasteiger partial charge in [0.2, 0.25) is 6.10 Å². The standard InChI is InChI=1S/C20H25NO10/c1-11(22)28-10-17(29-12(2)23)18(30-13(3)24)19(31-14(4)25)20(26)21-15-8-6-7-9-16(15)27-5/h6-9,17-19H,10H2,1-5H3,(H,21,26)/t17-,18-,19+/m0/s1. The molecule has 170 valence electrons. The minimum Gasteiger partial charge on any atom is -0.495 e. The highest BCUT2D eigenvalue weighted by molar-refractivity contribution is 5.97. The van der Waals surface area contributed by atoms with E-state index in [2.05, 4.69) is 5.32 Å². The van der Waals surface area contributed by atoms with Crippen LogP contribution in [0.2, 0.25) is 0 Å². The summed E-state index contributed by atoms with van der Waals surface area (Å²) in [4.78, 5) is 59.1. The molecule has 1 rings (SSSR count). The zero-order valence-corrected chi connectivity index (χ0v) is 17.8. The Hall–Kier alpha value is -3.63. The van der Waals surface area contributed by atoms with Gasteiger partial charge in [0.1, 0.15) is 12.4 Å². The maximum absolute atomic E-state index is 13.0. The number of hydrogen-bond donors (Lipinski definition) is 1. The van der Waals surface area contributed by atoms with Gasteiger partial charge in [-0.25, -0.2) is 0 Å². The summed E-state index contributed by atoms with van der Waals surface area (Å²) in [5, 5.41) is 2.51. The molecule has 1 aromatic rings. The highest BCUT2D eigenvalue weighted by atomic mass is 16.6. The summed E-state index contributed by atoms with van der Waals surface area (Å²) in [6, 6.07) is 6.42. The number of para-hydroxylation sites is 2. The second-order valence-electron chi connectivity index (χ2n) is 6.24. The molecule has 0 aromatic heterocycles. The third kappa shape index (κ3) is 8.72. The molecule has 0 unspecified atom stereocenters. The number of esters is 4. The lowest BCUT2D eigenvalue weighted by Crippen LogP contribution is -2.52. The molecular weight excluding hydrogens is 414 g/mol. The minimum atomic E-state index is -1.74. The number of ether oxygens (including phenoxy) is 5. The molecule has 0 bridgehead atoms. The lowest BCUT2D eigenvalue weighted by atomic mass is 10.1. The molecule has 1 N–H and O–H groups in total. The molecule has 0 aliphatic rings. The number of carbonyl (C=O) groups is 5. The Morgan fingerprint density at radius 3 is 1.94 bits per heavy atom. The molecular formula is C20H25NO10. The van der Waals surface area contributed by atoms with Crippen molar-refractivity contribution in [1.82, 2.24) is 0 Å². The third-order valence-corrected chi connectivity index (χ3v) is 3.65. The Morgan fingerprint density at radius 2 is 1.42 bits per heavy atom. The van der Waals surface area contributed by atoms with Crippen LogP contribution in [0.25, 0.3) is 0 Å². The number of carbonyl (C=O) groups excluding carboxylic acids is 5. The first kappa shape index (κ1) is 25.4. The number of amides is 1. The average molecular weight is 439 g/mol. The summed E-state index contributed by atoms with van der Waals surface area (Å²) in [7, 11) is 1.39. The van der Waals surface area contributed by atoms with Crippen LogP contribution in [0.3, 0.4) is 0 Å². The van der Waals surface area contributed by atoms with Crippen LogP contribution in [0.1, 0.15) is 27.7 Å². The quantitative estimate of drug-likeness (QED) is 0.414. The molecule has 11 heteroatoms. The first-order valence-electron chi connectivity index (χ1n) is 9.14. The van der Waals surface area contributed by atoms with E-state index >= 15 is 0 Å². The van der Waals surface area contributed by atoms with E-state index in [1.54, 1.807) is 18.2 Å². The highest BCUT2D eigenvalue weighted by Crippen LogP contribution is 2.24. The molecule has 0 radical (unpaired) electrons. The summed E-state index contributed by atoms with van der Waals surface area (Å²) >= 11 is 0. The van der Waals surface area contributed by atoms with Crippen molar-refractivity contribution in [2.45, 2.75) is 46.0 Å². The Balaban J connectivity index is 3.33. The van der Waals surface area contributed by atoms with Crippen molar-refractivity contribution < 1.29 is 47.7 Å². The van der Waals surface area contributed by atoms with Crippen molar-refractivity contribution in [3.05, 3.63) is 24.3 Å². The topological polar surface area (TPSA) is 144 Å². The largest absolute Gasteiger partial charge is 0.495 e. The van der Waals surface area contributed by atoms with E-state index in [9.17, 15) is 24.0 Å². The minimum absolute atomic E-state index is 0.248. The lowest BCUT2D eigenvalue weighted by Gasteiger charge is -2.31. The van der Waals surface area contributed by atoms with Gasteiger partial charge in [0.25, 0.3) is 5.91 Å². The maximum atomic E-state index is 13.0. The van der Waals surface area contributed by atoms with Gasteiger partial charge < -0.3 is 29.0 Å². The molecule has 1 amide bonds. The second-order valence-corrected chi connectivity index (χ2v) is 6.24. The molecule has 0 aliphatic heterocycles. The predicted octanol–water partition coefficient (Wildman–Crippen LogP) is 0.992. The molecule has 31 heavy (non-hydrogen) atoms. The van der Waals surface area contributed by atoms with E-state index in [1.165, 1.54) is 13.2 Å². The fraction of sp³-hybridized carbons (Fsp3) is 0.450. The van der Waals surface area contributed by atoms with Crippen molar-refractivity contribution in [2.75, 3.05) is 19.0 Å². The predicted molar refractivity (Wildman–Crippen MR) is 105 cm³/mol. The number of hydrogen-bond acceptors (Lipinski definition) is 10. The summed E-state index contributed by atoms with van der Waals surface area (Å²) in [5.74, 6) is -3.82. The first-order chi connectivity index (χ1) is 14.5. The van der Waals surface area contributed by atoms with E-state index in [1.807, 2.05) is 0 Å². The number of methoxy groups -OCH3 is 1. The summed E-state index contributed by atoms with van der Waals surface area (Å²) in [5.41, 5.74) is 0.248. The van der Waals surface area contributed by atoms with E-state index in [-0.39, 0.29) is 5.69 Å². The molecule has 0 fully saturated rings. The van der Waals surface area contributed by atoms with Crippen LogP contribution < -0.4 is 10.1 Å². The van der Waals surface area contributed by atoms with Crippen molar-refractivity contribution in [3.8, 4) is 5.75 Å². The van der Waals surface area contributed by atoms with Crippen molar-refractivity contribution in [3.63, 3.8) is 0 Å². The van der Waals surface area contributed by atoms with Crippen LogP contribution in [0.4, 0.5) is 5.69 Å². The SMILES string of the molecule is COc1ccccc1NC(=O)[C@H](OC(C)=O)[C@@H](OC(C)=O)[C@H](COC(C)=O)OC(C)=O. The van der Waals surface area contributed by atoms with Crippen LogP contribution in [0, 0.1) is 0 Å². The molecule has 0 heterocycles. The number of benzene rings is 1. The Kier molecular flexibility index (Phi) is 9.96. The number of anilines is 1. The Bertz CT molecular complexity index is 822. The Labute approximate surface area is 178 Å². The monoisotopic (exact) mass is 439 g/mol. The highest BCUT2D eigenvalue weighted by Gasteiger charge is 2.42. The van der Waals surface area contributed by atoms with Gasteiger partial charge in [0.05, 0.1) is 12.8 Å². The molecule has 1 aromatic carbocycles. The van der Waals surface area contributed by atoms with Crippen molar-refractivity contribution in [1.29, 1.82) is 0 Å². The van der Waals surface area contributed by atoms with Gasteiger partial charge in [0.15, 0.2) is 12.2 Å². The van der Waals surface area contributed by atoms with Gasteiger partial charge in [-0.3, -0.25) is 24.0 Å². The van der Waals surface area contributed by atoms with E-state index < -0.39 is 54.7 Å². The normalized spacial score (nSPS) is 13.1. The van der Waals surface area contributed by atoms with Gasteiger partial charge in [-0.2, -0.15) is 0 Å². The molecule has 0 saturated carbocycles. The van der Waals surface area contributed by atoms with Crippen LogP contribution in [0.15, 0.2) is 24.3 Å². The zero-order chi connectivity index (χ0) is 23.6. The van der Waals surface area contributed by atoms with Gasteiger partial charge in [0, 0.05) is 27.7 Å². The fourth-order valence-electron chi connectivity index (χ4n) is 2.53. The average Bonchev–Trinajstić information content (AvgIpc) is 2.67. The first-order valence-corrected chi connectivity index (χ1v) is 9.14. The molecule has 0 spiro atoms. The Morgan fingerprint density at radius 1 is 0.839 bits per heavy atom. The summed E-state index contributed by atoms with van der Waals surface area (Å²) in [6.07, 6.45) is -4.79. The second kappa shape index (κ2) is 12.2. The molecule has 0 aliphatic carbocycles.